The maximum atomic E-state index is 6.14. The first-order valence-electron chi connectivity index (χ1n) is 7.67. The number of nitrogens with zero attached hydrogens (tertiary/aromatic N) is 5. The lowest BCUT2D eigenvalue weighted by Crippen LogP contribution is -2.36. The minimum Gasteiger partial charge on any atom is -0.382 e. The monoisotopic (exact) mass is 337 g/mol. The van der Waals surface area contributed by atoms with Crippen LogP contribution in [-0.2, 0) is 18.9 Å². The number of imidazole rings is 1. The Labute approximate surface area is 140 Å². The van der Waals surface area contributed by atoms with Gasteiger partial charge in [-0.3, -0.25) is 4.57 Å². The molecule has 0 amide bonds. The van der Waals surface area contributed by atoms with E-state index in [9.17, 15) is 0 Å². The molecule has 2 aromatic heterocycles. The fourth-order valence-corrected chi connectivity index (χ4v) is 3.12. The zero-order valence-electron chi connectivity index (χ0n) is 14.5. The summed E-state index contributed by atoms with van der Waals surface area (Å²) in [7, 11) is 8.75. The van der Waals surface area contributed by atoms with Gasteiger partial charge < -0.3 is 23.8 Å². The molecule has 0 radical (unpaired) electrons. The number of fused-ring (bicyclic) bond motifs is 1. The van der Waals surface area contributed by atoms with Gasteiger partial charge in [-0.05, 0) is 0 Å². The summed E-state index contributed by atoms with van der Waals surface area (Å²) in [6, 6.07) is 0. The van der Waals surface area contributed by atoms with Crippen molar-refractivity contribution < 1.29 is 18.9 Å². The molecule has 0 aliphatic carbocycles. The second kappa shape index (κ2) is 6.98. The SMILES string of the molecule is COC[C@H]1O[C@@H](n2cnc3c(N(C)C)ncnc32)[C@H](OC)[C@@H]1OC. The smallest absolute Gasteiger partial charge is 0.167 e. The topological polar surface area (TPSA) is 83.8 Å². The second-order valence-electron chi connectivity index (χ2n) is 5.84. The van der Waals surface area contributed by atoms with Crippen molar-refractivity contribution in [1.29, 1.82) is 0 Å². The third kappa shape index (κ3) is 2.73. The van der Waals surface area contributed by atoms with E-state index in [1.54, 1.807) is 27.7 Å². The molecule has 0 spiro atoms. The number of ether oxygens (including phenoxy) is 4. The molecule has 1 aliphatic rings. The van der Waals surface area contributed by atoms with E-state index >= 15 is 0 Å². The Morgan fingerprint density at radius 3 is 2.50 bits per heavy atom. The molecule has 24 heavy (non-hydrogen) atoms. The van der Waals surface area contributed by atoms with E-state index in [-0.39, 0.29) is 18.3 Å². The number of hydrogen-bond acceptors (Lipinski definition) is 8. The molecule has 4 atom stereocenters. The second-order valence-corrected chi connectivity index (χ2v) is 5.84. The summed E-state index contributed by atoms with van der Waals surface area (Å²) >= 11 is 0. The highest BCUT2D eigenvalue weighted by Gasteiger charge is 2.46. The molecule has 3 heterocycles. The van der Waals surface area contributed by atoms with E-state index in [1.165, 1.54) is 6.33 Å². The van der Waals surface area contributed by atoms with Gasteiger partial charge in [-0.15, -0.1) is 0 Å². The van der Waals surface area contributed by atoms with Crippen LogP contribution in [0.5, 0.6) is 0 Å². The lowest BCUT2D eigenvalue weighted by molar-refractivity contribution is -0.0636. The number of anilines is 1. The minimum absolute atomic E-state index is 0.234. The number of rotatable bonds is 6. The predicted octanol–water partition coefficient (Wildman–Crippen LogP) is 0.466. The van der Waals surface area contributed by atoms with Crippen molar-refractivity contribution in [2.75, 3.05) is 46.9 Å². The summed E-state index contributed by atoms with van der Waals surface area (Å²) in [4.78, 5) is 15.0. The molecule has 0 unspecified atom stereocenters. The largest absolute Gasteiger partial charge is 0.382 e. The molecule has 1 saturated heterocycles. The number of methoxy groups -OCH3 is 3. The van der Waals surface area contributed by atoms with Crippen molar-refractivity contribution in [2.45, 2.75) is 24.5 Å². The predicted molar refractivity (Wildman–Crippen MR) is 87.0 cm³/mol. The van der Waals surface area contributed by atoms with E-state index in [1.807, 2.05) is 23.6 Å². The third-order valence-electron chi connectivity index (χ3n) is 4.20. The molecule has 0 bridgehead atoms. The zero-order valence-corrected chi connectivity index (χ0v) is 14.5. The van der Waals surface area contributed by atoms with Gasteiger partial charge in [0, 0.05) is 35.4 Å². The Morgan fingerprint density at radius 2 is 1.88 bits per heavy atom. The maximum absolute atomic E-state index is 6.14. The highest BCUT2D eigenvalue weighted by atomic mass is 16.6. The molecule has 1 aliphatic heterocycles. The van der Waals surface area contributed by atoms with Crippen LogP contribution in [0.3, 0.4) is 0 Å². The lowest BCUT2D eigenvalue weighted by Gasteiger charge is -2.22. The van der Waals surface area contributed by atoms with Crippen LogP contribution in [0, 0.1) is 0 Å². The van der Waals surface area contributed by atoms with Crippen LogP contribution in [-0.4, -0.2) is 79.9 Å². The highest BCUT2D eigenvalue weighted by Crippen LogP contribution is 2.35. The standard InChI is InChI=1S/C15H23N5O4/c1-19(2)13-10-14(17-7-16-13)20(8-18-10)15-12(23-5)11(22-4)9(24-15)6-21-3/h7-9,11-12,15H,6H2,1-5H3/t9-,11-,12-,15-/m1/s1. The molecule has 1 fully saturated rings. The van der Waals surface area contributed by atoms with Crippen LogP contribution < -0.4 is 4.90 Å². The van der Waals surface area contributed by atoms with Gasteiger partial charge in [0.25, 0.3) is 0 Å². The molecule has 9 heteroatoms. The summed E-state index contributed by atoms with van der Waals surface area (Å²) in [6.07, 6.45) is 2.04. The molecule has 0 saturated carbocycles. The maximum Gasteiger partial charge on any atom is 0.167 e. The number of hydrogen-bond donors (Lipinski definition) is 0. The lowest BCUT2D eigenvalue weighted by atomic mass is 10.1. The van der Waals surface area contributed by atoms with Gasteiger partial charge in [-0.1, -0.05) is 0 Å². The van der Waals surface area contributed by atoms with Crippen LogP contribution in [0.2, 0.25) is 0 Å². The quantitative estimate of drug-likeness (QED) is 0.752. The van der Waals surface area contributed by atoms with Gasteiger partial charge in [-0.2, -0.15) is 0 Å². The van der Waals surface area contributed by atoms with Gasteiger partial charge in [0.1, 0.15) is 24.6 Å². The third-order valence-corrected chi connectivity index (χ3v) is 4.20. The van der Waals surface area contributed by atoms with Gasteiger partial charge in [0.2, 0.25) is 0 Å². The Bertz CT molecular complexity index is 692. The Balaban J connectivity index is 2.01. The first-order valence-corrected chi connectivity index (χ1v) is 7.67. The fraction of sp³-hybridized carbons (Fsp3) is 0.667. The number of aromatic nitrogens is 4. The van der Waals surface area contributed by atoms with Gasteiger partial charge in [0.05, 0.1) is 12.9 Å². The molecule has 2 aromatic rings. The normalized spacial score (nSPS) is 27.0. The van der Waals surface area contributed by atoms with Crippen molar-refractivity contribution in [2.24, 2.45) is 0 Å². The van der Waals surface area contributed by atoms with Crippen molar-refractivity contribution >= 4 is 17.0 Å². The van der Waals surface area contributed by atoms with Crippen LogP contribution in [0.4, 0.5) is 5.82 Å². The van der Waals surface area contributed by atoms with Crippen LogP contribution in [0.25, 0.3) is 11.2 Å². The molecule has 9 nitrogen and oxygen atoms in total. The van der Waals surface area contributed by atoms with Crippen LogP contribution in [0.1, 0.15) is 6.23 Å². The van der Waals surface area contributed by atoms with Crippen LogP contribution in [0.15, 0.2) is 12.7 Å². The van der Waals surface area contributed by atoms with Gasteiger partial charge >= 0.3 is 0 Å². The molecule has 0 N–H and O–H groups in total. The zero-order chi connectivity index (χ0) is 17.3. The Morgan fingerprint density at radius 1 is 1.12 bits per heavy atom. The van der Waals surface area contributed by atoms with E-state index in [4.69, 9.17) is 18.9 Å². The van der Waals surface area contributed by atoms with E-state index in [0.29, 0.717) is 17.8 Å². The summed E-state index contributed by atoms with van der Waals surface area (Å²) in [5.74, 6) is 0.752. The summed E-state index contributed by atoms with van der Waals surface area (Å²) in [5.41, 5.74) is 1.40. The van der Waals surface area contributed by atoms with E-state index in [0.717, 1.165) is 5.82 Å². The highest BCUT2D eigenvalue weighted by molar-refractivity contribution is 5.83. The fourth-order valence-electron chi connectivity index (χ4n) is 3.12. The molecule has 3 rings (SSSR count). The van der Waals surface area contributed by atoms with Crippen molar-refractivity contribution in [3.63, 3.8) is 0 Å². The van der Waals surface area contributed by atoms with Crippen LogP contribution >= 0.6 is 0 Å². The summed E-state index contributed by atoms with van der Waals surface area (Å²) < 4.78 is 24.5. The van der Waals surface area contributed by atoms with Crippen molar-refractivity contribution in [3.05, 3.63) is 12.7 Å². The Hall–Kier alpha value is -1.81. The molecular formula is C15H23N5O4. The Kier molecular flexibility index (Phi) is 4.95. The molecule has 132 valence electrons. The van der Waals surface area contributed by atoms with Gasteiger partial charge in [0.15, 0.2) is 23.2 Å². The van der Waals surface area contributed by atoms with E-state index in [2.05, 4.69) is 15.0 Å². The molecule has 0 aromatic carbocycles. The average molecular weight is 337 g/mol. The first kappa shape index (κ1) is 17.0. The summed E-state index contributed by atoms with van der Waals surface area (Å²) in [6.45, 7) is 0.416. The van der Waals surface area contributed by atoms with Crippen molar-refractivity contribution in [1.82, 2.24) is 19.5 Å². The van der Waals surface area contributed by atoms with Crippen molar-refractivity contribution in [3.8, 4) is 0 Å². The summed E-state index contributed by atoms with van der Waals surface area (Å²) in [5, 5.41) is 0. The average Bonchev–Trinajstić information content (AvgIpc) is 3.15. The van der Waals surface area contributed by atoms with E-state index < -0.39 is 6.23 Å². The first-order chi connectivity index (χ1) is 11.6. The molecular weight excluding hydrogens is 314 g/mol. The van der Waals surface area contributed by atoms with Gasteiger partial charge in [-0.25, -0.2) is 15.0 Å². The minimum atomic E-state index is -0.407.